The predicted molar refractivity (Wildman–Crippen MR) is 116 cm³/mol. The fourth-order valence-electron chi connectivity index (χ4n) is 3.55. The number of unbranched alkanes of at least 4 members (excludes halogenated alkanes) is 3. The molecular weight excluding hydrogens is 356 g/mol. The number of rotatable bonds is 12. The molecule has 2 heterocycles. The molecule has 0 radical (unpaired) electrons. The molecule has 0 aliphatic carbocycles. The lowest BCUT2D eigenvalue weighted by Crippen LogP contribution is -2.58. The Hall–Kier alpha value is -1.14. The van der Waals surface area contributed by atoms with Gasteiger partial charge in [-0.05, 0) is 43.6 Å². The third kappa shape index (κ3) is 5.92. The van der Waals surface area contributed by atoms with Gasteiger partial charge in [-0.3, -0.25) is 9.80 Å². The lowest BCUT2D eigenvalue weighted by molar-refractivity contribution is 0.113. The minimum atomic E-state index is 0.166. The zero-order valence-corrected chi connectivity index (χ0v) is 18.6. The van der Waals surface area contributed by atoms with E-state index in [9.17, 15) is 4.79 Å². The summed E-state index contributed by atoms with van der Waals surface area (Å²) in [5.41, 5.74) is 2.54. The largest absolute Gasteiger partial charge is 0.327 e. The average Bonchev–Trinajstić information content (AvgIpc) is 3.07. The van der Waals surface area contributed by atoms with Crippen molar-refractivity contribution in [1.29, 1.82) is 0 Å². The van der Waals surface area contributed by atoms with Crippen LogP contribution in [0.25, 0.3) is 0 Å². The molecule has 0 N–H and O–H groups in total. The van der Waals surface area contributed by atoms with E-state index in [1.165, 1.54) is 48.5 Å². The van der Waals surface area contributed by atoms with Crippen LogP contribution >= 0.6 is 11.5 Å². The highest BCUT2D eigenvalue weighted by molar-refractivity contribution is 7.10. The Morgan fingerprint density at radius 2 is 1.59 bits per heavy atom. The maximum atomic E-state index is 13.2. The Labute approximate surface area is 169 Å². The third-order valence-corrected chi connectivity index (χ3v) is 6.14. The summed E-state index contributed by atoms with van der Waals surface area (Å²) in [5, 5.41) is 1.09. The average molecular weight is 395 g/mol. The SMILES string of the molecule is CCCCc1nsc(N2CN(CCCC)CN(CCCC)C2=O)c1CCC. The minimum absolute atomic E-state index is 0.166. The van der Waals surface area contributed by atoms with Crippen molar-refractivity contribution in [2.24, 2.45) is 0 Å². The van der Waals surface area contributed by atoms with E-state index < -0.39 is 0 Å². The van der Waals surface area contributed by atoms with Crippen molar-refractivity contribution in [2.75, 3.05) is 31.3 Å². The van der Waals surface area contributed by atoms with E-state index in [-0.39, 0.29) is 6.03 Å². The molecule has 0 saturated carbocycles. The van der Waals surface area contributed by atoms with Gasteiger partial charge in [0.15, 0.2) is 0 Å². The number of nitrogens with zero attached hydrogens (tertiary/aromatic N) is 4. The molecular formula is C21H38N4OS. The molecule has 1 aromatic rings. The first-order valence-corrected chi connectivity index (χ1v) is 11.7. The van der Waals surface area contributed by atoms with Crippen LogP contribution in [0.3, 0.4) is 0 Å². The highest BCUT2D eigenvalue weighted by atomic mass is 32.1. The number of amides is 2. The molecule has 2 amide bonds. The van der Waals surface area contributed by atoms with E-state index in [0.717, 1.165) is 56.9 Å². The molecule has 0 unspecified atom stereocenters. The van der Waals surface area contributed by atoms with Crippen LogP contribution in [0.4, 0.5) is 9.80 Å². The van der Waals surface area contributed by atoms with Crippen molar-refractivity contribution < 1.29 is 4.79 Å². The number of carbonyl (C=O) groups excluding carboxylic acids is 1. The van der Waals surface area contributed by atoms with Gasteiger partial charge in [0.1, 0.15) is 5.00 Å². The van der Waals surface area contributed by atoms with Gasteiger partial charge in [0, 0.05) is 18.7 Å². The van der Waals surface area contributed by atoms with Crippen LogP contribution in [0.2, 0.25) is 0 Å². The first-order valence-electron chi connectivity index (χ1n) is 10.9. The summed E-state index contributed by atoms with van der Waals surface area (Å²) < 4.78 is 4.77. The van der Waals surface area contributed by atoms with E-state index in [1.807, 2.05) is 9.80 Å². The second-order valence-electron chi connectivity index (χ2n) is 7.62. The Kier molecular flexibility index (Phi) is 9.56. The van der Waals surface area contributed by atoms with Crippen molar-refractivity contribution in [3.8, 4) is 0 Å². The van der Waals surface area contributed by atoms with Gasteiger partial charge < -0.3 is 4.90 Å². The first kappa shape index (κ1) is 22.2. The highest BCUT2D eigenvalue weighted by Crippen LogP contribution is 2.33. The van der Waals surface area contributed by atoms with Crippen LogP contribution in [0.1, 0.15) is 83.9 Å². The fourth-order valence-corrected chi connectivity index (χ4v) is 4.52. The van der Waals surface area contributed by atoms with Crippen LogP contribution in [-0.2, 0) is 12.8 Å². The summed E-state index contributed by atoms with van der Waals surface area (Å²) in [6.07, 6.45) is 10.0. The van der Waals surface area contributed by atoms with Gasteiger partial charge in [0.05, 0.1) is 19.0 Å². The maximum Gasteiger partial charge on any atom is 0.327 e. The number of aryl methyl sites for hydroxylation is 1. The standard InChI is InChI=1S/C21H38N4OS/c1-5-9-13-19-18(12-8-4)20(27-22-19)25-17-23(14-10-6-2)16-24(21(25)26)15-11-7-3/h5-17H2,1-4H3. The Morgan fingerprint density at radius 3 is 2.26 bits per heavy atom. The summed E-state index contributed by atoms with van der Waals surface area (Å²) in [5.74, 6) is 0. The normalized spacial score (nSPS) is 15.8. The van der Waals surface area contributed by atoms with E-state index in [4.69, 9.17) is 4.37 Å². The summed E-state index contributed by atoms with van der Waals surface area (Å²) in [6, 6.07) is 0.166. The fraction of sp³-hybridized carbons (Fsp3) is 0.810. The van der Waals surface area contributed by atoms with Crippen molar-refractivity contribution in [3.63, 3.8) is 0 Å². The number of hydrogen-bond donors (Lipinski definition) is 0. The zero-order valence-electron chi connectivity index (χ0n) is 17.8. The predicted octanol–water partition coefficient (Wildman–Crippen LogP) is 5.50. The van der Waals surface area contributed by atoms with E-state index in [0.29, 0.717) is 6.67 Å². The molecule has 0 aromatic carbocycles. The van der Waals surface area contributed by atoms with Gasteiger partial charge in [-0.2, -0.15) is 4.37 Å². The number of carbonyl (C=O) groups is 1. The zero-order chi connectivity index (χ0) is 19.6. The highest BCUT2D eigenvalue weighted by Gasteiger charge is 2.33. The molecule has 1 saturated heterocycles. The Bertz CT molecular complexity index is 575. The van der Waals surface area contributed by atoms with Crippen molar-refractivity contribution in [1.82, 2.24) is 14.2 Å². The van der Waals surface area contributed by atoms with Crippen LogP contribution in [-0.4, -0.2) is 46.6 Å². The summed E-state index contributed by atoms with van der Waals surface area (Å²) in [4.78, 5) is 19.7. The lowest BCUT2D eigenvalue weighted by Gasteiger charge is -2.42. The first-order chi connectivity index (χ1) is 13.2. The molecule has 27 heavy (non-hydrogen) atoms. The Balaban J connectivity index is 2.26. The molecule has 2 rings (SSSR count). The van der Waals surface area contributed by atoms with Crippen LogP contribution in [0.15, 0.2) is 0 Å². The second-order valence-corrected chi connectivity index (χ2v) is 8.38. The van der Waals surface area contributed by atoms with E-state index >= 15 is 0 Å². The van der Waals surface area contributed by atoms with Crippen molar-refractivity contribution >= 4 is 22.6 Å². The summed E-state index contributed by atoms with van der Waals surface area (Å²) in [6.45, 7) is 12.2. The molecule has 6 heteroatoms. The van der Waals surface area contributed by atoms with Gasteiger partial charge in [-0.1, -0.05) is 53.4 Å². The van der Waals surface area contributed by atoms with Crippen LogP contribution < -0.4 is 4.90 Å². The summed E-state index contributed by atoms with van der Waals surface area (Å²) >= 11 is 1.53. The molecule has 0 spiro atoms. The maximum absolute atomic E-state index is 13.2. The van der Waals surface area contributed by atoms with Gasteiger partial charge >= 0.3 is 6.03 Å². The van der Waals surface area contributed by atoms with Gasteiger partial charge in [-0.25, -0.2) is 4.79 Å². The van der Waals surface area contributed by atoms with Gasteiger partial charge in [0.25, 0.3) is 0 Å². The topological polar surface area (TPSA) is 39.7 Å². The van der Waals surface area contributed by atoms with Crippen molar-refractivity contribution in [2.45, 2.75) is 85.5 Å². The number of anilines is 1. The van der Waals surface area contributed by atoms with E-state index in [1.54, 1.807) is 0 Å². The quantitative estimate of drug-likeness (QED) is 0.470. The van der Waals surface area contributed by atoms with E-state index in [2.05, 4.69) is 32.6 Å². The minimum Gasteiger partial charge on any atom is -0.311 e. The lowest BCUT2D eigenvalue weighted by atomic mass is 10.1. The van der Waals surface area contributed by atoms with Gasteiger partial charge in [-0.15, -0.1) is 0 Å². The molecule has 154 valence electrons. The second kappa shape index (κ2) is 11.6. The van der Waals surface area contributed by atoms with Gasteiger partial charge in [0.2, 0.25) is 0 Å². The monoisotopic (exact) mass is 394 g/mol. The molecule has 1 fully saturated rings. The van der Waals surface area contributed by atoms with Crippen molar-refractivity contribution in [3.05, 3.63) is 11.3 Å². The molecule has 1 aromatic heterocycles. The number of hydrogen-bond acceptors (Lipinski definition) is 4. The third-order valence-electron chi connectivity index (χ3n) is 5.18. The van der Waals surface area contributed by atoms with Crippen LogP contribution in [0.5, 0.6) is 0 Å². The number of urea groups is 1. The number of aromatic nitrogens is 1. The molecule has 5 nitrogen and oxygen atoms in total. The Morgan fingerprint density at radius 1 is 0.889 bits per heavy atom. The molecule has 0 bridgehead atoms. The molecule has 0 atom stereocenters. The smallest absolute Gasteiger partial charge is 0.311 e. The summed E-state index contributed by atoms with van der Waals surface area (Å²) in [7, 11) is 0. The molecule has 1 aliphatic heterocycles. The van der Waals surface area contributed by atoms with Crippen LogP contribution in [0, 0.1) is 0 Å². The molecule has 1 aliphatic rings.